The third kappa shape index (κ3) is 5.53. The molecule has 1 aliphatic heterocycles. The van der Waals surface area contributed by atoms with Crippen LogP contribution in [0, 0.1) is 0 Å². The lowest BCUT2D eigenvalue weighted by Crippen LogP contribution is -2.40. The summed E-state index contributed by atoms with van der Waals surface area (Å²) in [5.41, 5.74) is 0.878. The van der Waals surface area contributed by atoms with Gasteiger partial charge >= 0.3 is 12.1 Å². The van der Waals surface area contributed by atoms with Gasteiger partial charge in [0.25, 0.3) is 0 Å². The molecule has 0 spiro atoms. The Hall–Kier alpha value is -3.02. The number of methoxy groups -OCH3 is 1. The molecule has 0 N–H and O–H groups in total. The van der Waals surface area contributed by atoms with E-state index in [1.807, 2.05) is 54.6 Å². The van der Waals surface area contributed by atoms with Crippen LogP contribution >= 0.6 is 0 Å². The Bertz CT molecular complexity index is 865. The van der Waals surface area contributed by atoms with Crippen LogP contribution in [0.3, 0.4) is 0 Å². The van der Waals surface area contributed by atoms with Crippen LogP contribution in [0.1, 0.15) is 43.7 Å². The van der Waals surface area contributed by atoms with Gasteiger partial charge in [0.1, 0.15) is 12.4 Å². The van der Waals surface area contributed by atoms with Crippen molar-refractivity contribution in [1.29, 1.82) is 0 Å². The molecule has 0 aromatic heterocycles. The minimum absolute atomic E-state index is 0.203. The number of ether oxygens (including phenoxy) is 3. The first-order valence-corrected chi connectivity index (χ1v) is 10.2. The van der Waals surface area contributed by atoms with Crippen molar-refractivity contribution >= 4 is 12.1 Å². The van der Waals surface area contributed by atoms with Gasteiger partial charge in [0, 0.05) is 19.0 Å². The number of carbonyl (C=O) groups excluding carboxylic acids is 2. The monoisotopic (exact) mass is 411 g/mol. The molecule has 1 atom stereocenters. The van der Waals surface area contributed by atoms with Crippen molar-refractivity contribution in [2.45, 2.75) is 44.8 Å². The normalized spacial score (nSPS) is 16.6. The standard InChI is InChI=1S/C24H29NO5/c1-24(2,22(26)29-17-18-9-5-4-6-10-18)30-21-13-7-11-19(15-21)20-12-8-14-25(16-20)23(27)28-3/h4-7,9-11,13,15,20H,8,12,14,16-17H2,1-3H3/t20-/m1/s1. The van der Waals surface area contributed by atoms with Gasteiger partial charge < -0.3 is 19.1 Å². The molecule has 1 heterocycles. The summed E-state index contributed by atoms with van der Waals surface area (Å²) in [6.45, 7) is 4.93. The van der Waals surface area contributed by atoms with Gasteiger partial charge in [-0.25, -0.2) is 9.59 Å². The number of likely N-dealkylation sites (tertiary alicyclic amines) is 1. The molecule has 1 amide bonds. The summed E-state index contributed by atoms with van der Waals surface area (Å²) < 4.78 is 16.3. The van der Waals surface area contributed by atoms with Crippen LogP contribution in [0.15, 0.2) is 54.6 Å². The van der Waals surface area contributed by atoms with Crippen LogP contribution in [0.2, 0.25) is 0 Å². The molecule has 0 saturated carbocycles. The summed E-state index contributed by atoms with van der Waals surface area (Å²) in [6, 6.07) is 17.3. The molecule has 1 aliphatic rings. The van der Waals surface area contributed by atoms with E-state index in [9.17, 15) is 9.59 Å². The highest BCUT2D eigenvalue weighted by molar-refractivity contribution is 5.79. The van der Waals surface area contributed by atoms with Crippen molar-refractivity contribution < 1.29 is 23.8 Å². The van der Waals surface area contributed by atoms with Crippen molar-refractivity contribution in [2.75, 3.05) is 20.2 Å². The zero-order valence-corrected chi connectivity index (χ0v) is 17.8. The molecule has 1 saturated heterocycles. The van der Waals surface area contributed by atoms with E-state index in [2.05, 4.69) is 0 Å². The molecule has 0 unspecified atom stereocenters. The van der Waals surface area contributed by atoms with Gasteiger partial charge in [0.15, 0.2) is 5.60 Å². The van der Waals surface area contributed by atoms with Gasteiger partial charge in [-0.15, -0.1) is 0 Å². The fourth-order valence-electron chi connectivity index (χ4n) is 3.61. The van der Waals surface area contributed by atoms with Gasteiger partial charge in [0.2, 0.25) is 0 Å². The summed E-state index contributed by atoms with van der Waals surface area (Å²) in [5.74, 6) is 0.380. The van der Waals surface area contributed by atoms with E-state index in [4.69, 9.17) is 14.2 Å². The predicted molar refractivity (Wildman–Crippen MR) is 113 cm³/mol. The highest BCUT2D eigenvalue weighted by atomic mass is 16.6. The van der Waals surface area contributed by atoms with Crippen molar-refractivity contribution in [3.8, 4) is 5.75 Å². The third-order valence-electron chi connectivity index (χ3n) is 5.26. The molecule has 0 aliphatic carbocycles. The molecule has 0 bridgehead atoms. The Morgan fingerprint density at radius 1 is 1.10 bits per heavy atom. The van der Waals surface area contributed by atoms with Crippen LogP contribution in [-0.2, 0) is 20.9 Å². The second kappa shape index (κ2) is 9.65. The smallest absolute Gasteiger partial charge is 0.409 e. The molecule has 2 aromatic rings. The number of rotatable bonds is 6. The summed E-state index contributed by atoms with van der Waals surface area (Å²) in [6.07, 6.45) is 1.61. The maximum atomic E-state index is 12.6. The van der Waals surface area contributed by atoms with E-state index in [0.717, 1.165) is 24.0 Å². The second-order valence-corrected chi connectivity index (χ2v) is 8.00. The summed E-state index contributed by atoms with van der Waals surface area (Å²) in [7, 11) is 1.40. The Morgan fingerprint density at radius 2 is 1.87 bits per heavy atom. The molecule has 2 aromatic carbocycles. The maximum absolute atomic E-state index is 12.6. The van der Waals surface area contributed by atoms with Crippen molar-refractivity contribution in [3.63, 3.8) is 0 Å². The number of benzene rings is 2. The molecule has 30 heavy (non-hydrogen) atoms. The molecular formula is C24H29NO5. The maximum Gasteiger partial charge on any atom is 0.409 e. The molecular weight excluding hydrogens is 382 g/mol. The first-order valence-electron chi connectivity index (χ1n) is 10.2. The number of nitrogens with zero attached hydrogens (tertiary/aromatic N) is 1. The molecule has 6 nitrogen and oxygen atoms in total. The van der Waals surface area contributed by atoms with E-state index >= 15 is 0 Å². The van der Waals surface area contributed by atoms with Gasteiger partial charge in [-0.2, -0.15) is 0 Å². The first-order chi connectivity index (χ1) is 14.4. The van der Waals surface area contributed by atoms with Gasteiger partial charge in [-0.3, -0.25) is 0 Å². The Kier molecular flexibility index (Phi) is 6.98. The average molecular weight is 411 g/mol. The van der Waals surface area contributed by atoms with Crippen LogP contribution in [-0.4, -0.2) is 42.8 Å². The van der Waals surface area contributed by atoms with Crippen molar-refractivity contribution in [1.82, 2.24) is 4.90 Å². The molecule has 3 rings (SSSR count). The zero-order valence-electron chi connectivity index (χ0n) is 17.8. The number of hydrogen-bond acceptors (Lipinski definition) is 5. The van der Waals surface area contributed by atoms with E-state index in [-0.39, 0.29) is 18.6 Å². The number of carbonyl (C=O) groups is 2. The third-order valence-corrected chi connectivity index (χ3v) is 5.26. The lowest BCUT2D eigenvalue weighted by atomic mass is 9.90. The van der Waals surface area contributed by atoms with Crippen LogP contribution in [0.25, 0.3) is 0 Å². The molecule has 1 fully saturated rings. The second-order valence-electron chi connectivity index (χ2n) is 8.00. The van der Waals surface area contributed by atoms with Gasteiger partial charge in [-0.1, -0.05) is 42.5 Å². The topological polar surface area (TPSA) is 65.1 Å². The quantitative estimate of drug-likeness (QED) is 0.653. The Morgan fingerprint density at radius 3 is 2.60 bits per heavy atom. The number of piperidine rings is 1. The van der Waals surface area contributed by atoms with Crippen LogP contribution in [0.4, 0.5) is 4.79 Å². The van der Waals surface area contributed by atoms with Crippen LogP contribution in [0.5, 0.6) is 5.75 Å². The van der Waals surface area contributed by atoms with Gasteiger partial charge in [0.05, 0.1) is 7.11 Å². The first kappa shape index (κ1) is 21.7. The molecule has 6 heteroatoms. The minimum Gasteiger partial charge on any atom is -0.476 e. The summed E-state index contributed by atoms with van der Waals surface area (Å²) in [4.78, 5) is 26.2. The Balaban J connectivity index is 1.63. The lowest BCUT2D eigenvalue weighted by Gasteiger charge is -2.32. The SMILES string of the molecule is COC(=O)N1CCC[C@@H](c2cccc(OC(C)(C)C(=O)OCc3ccccc3)c2)C1. The number of amides is 1. The molecule has 0 radical (unpaired) electrons. The Labute approximate surface area is 177 Å². The fraction of sp³-hybridized carbons (Fsp3) is 0.417. The van der Waals surface area contributed by atoms with E-state index in [0.29, 0.717) is 18.8 Å². The van der Waals surface area contributed by atoms with Crippen LogP contribution < -0.4 is 4.74 Å². The fourth-order valence-corrected chi connectivity index (χ4v) is 3.61. The van der Waals surface area contributed by atoms with Gasteiger partial charge in [-0.05, 0) is 49.9 Å². The largest absolute Gasteiger partial charge is 0.476 e. The van der Waals surface area contributed by atoms with E-state index in [1.165, 1.54) is 7.11 Å². The average Bonchev–Trinajstić information content (AvgIpc) is 2.77. The molecule has 160 valence electrons. The van der Waals surface area contributed by atoms with Crippen molar-refractivity contribution in [3.05, 3.63) is 65.7 Å². The number of hydrogen-bond donors (Lipinski definition) is 0. The zero-order chi connectivity index (χ0) is 21.6. The summed E-state index contributed by atoms with van der Waals surface area (Å²) >= 11 is 0. The highest BCUT2D eigenvalue weighted by Crippen LogP contribution is 2.30. The van der Waals surface area contributed by atoms with Crippen molar-refractivity contribution in [2.24, 2.45) is 0 Å². The van der Waals surface area contributed by atoms with E-state index < -0.39 is 11.6 Å². The number of esters is 1. The lowest BCUT2D eigenvalue weighted by molar-refractivity contribution is -0.160. The van der Waals surface area contributed by atoms with E-state index in [1.54, 1.807) is 18.7 Å². The highest BCUT2D eigenvalue weighted by Gasteiger charge is 2.32. The summed E-state index contributed by atoms with van der Waals surface area (Å²) in [5, 5.41) is 0. The predicted octanol–water partition coefficient (Wildman–Crippen LogP) is 4.53. The minimum atomic E-state index is -1.13.